The van der Waals surface area contributed by atoms with Crippen molar-refractivity contribution in [3.63, 3.8) is 0 Å². The minimum atomic E-state index is -0.320. The van der Waals surface area contributed by atoms with Crippen molar-refractivity contribution in [2.24, 2.45) is 5.10 Å². The van der Waals surface area contributed by atoms with Gasteiger partial charge in [0.2, 0.25) is 0 Å². The molecule has 8 nitrogen and oxygen atoms in total. The van der Waals surface area contributed by atoms with Gasteiger partial charge >= 0.3 is 5.16 Å². The standard InChI is InChI=1S/C30H33N5O3S/c1-6-38-25-9-7-8-22(27(25)37)18-31-32-26(36)19-39-29-34-33-28(35(29)24-16-10-20(2)11-17-24)21-12-14-23(15-13-21)30(3,4)5/h7-18H,6,19H2,1-5H3,(H2,31,32,36,37). The Morgan fingerprint density at radius 3 is 2.51 bits per heavy atom. The molecular weight excluding hydrogens is 510 g/mol. The molecule has 0 unspecified atom stereocenters. The molecule has 0 spiro atoms. The van der Waals surface area contributed by atoms with Gasteiger partial charge < -0.3 is 9.84 Å². The Morgan fingerprint density at radius 1 is 1.13 bits per heavy atom. The Morgan fingerprint density at radius 2 is 1.85 bits per heavy atom. The first-order chi connectivity index (χ1) is 18.7. The number of aryl methyl sites for hydroxylation is 1. The van der Waals surface area contributed by atoms with Crippen molar-refractivity contribution in [3.05, 3.63) is 83.4 Å². The van der Waals surface area contributed by atoms with E-state index >= 15 is 0 Å². The molecule has 0 atom stereocenters. The minimum absolute atomic E-state index is 0.0532. The number of H-pyrrole nitrogens is 1. The molecule has 1 amide bonds. The number of amides is 1. The lowest BCUT2D eigenvalue weighted by molar-refractivity contribution is -0.625. The van der Waals surface area contributed by atoms with Crippen LogP contribution in [0, 0.1) is 6.92 Å². The molecule has 0 bridgehead atoms. The number of hydrogen-bond donors (Lipinski definition) is 2. The van der Waals surface area contributed by atoms with Crippen LogP contribution in [0.15, 0.2) is 77.0 Å². The van der Waals surface area contributed by atoms with Crippen molar-refractivity contribution in [2.45, 2.75) is 45.2 Å². The normalized spacial score (nSPS) is 11.6. The molecule has 3 aromatic carbocycles. The quantitative estimate of drug-likeness (QED) is 0.138. The second-order valence-corrected chi connectivity index (χ2v) is 11.0. The number of nitrogens with one attached hydrogen (secondary N) is 2. The highest BCUT2D eigenvalue weighted by atomic mass is 32.2. The Kier molecular flexibility index (Phi) is 8.71. The van der Waals surface area contributed by atoms with E-state index in [9.17, 15) is 9.90 Å². The molecular formula is C30H33N5O3S. The number of ether oxygens (including phenoxy) is 1. The van der Waals surface area contributed by atoms with Gasteiger partial charge in [-0.15, -0.1) is 5.10 Å². The average molecular weight is 544 g/mol. The zero-order valence-electron chi connectivity index (χ0n) is 22.8. The van der Waals surface area contributed by atoms with Crippen molar-refractivity contribution in [3.8, 4) is 28.6 Å². The summed E-state index contributed by atoms with van der Waals surface area (Å²) in [6, 6.07) is 21.5. The monoisotopic (exact) mass is 543 g/mol. The van der Waals surface area contributed by atoms with Crippen LogP contribution < -0.4 is 19.8 Å². The number of nitrogens with zero attached hydrogens (tertiary/aromatic N) is 3. The summed E-state index contributed by atoms with van der Waals surface area (Å²) in [5, 5.41) is 24.7. The van der Waals surface area contributed by atoms with Crippen molar-refractivity contribution in [1.82, 2.24) is 15.6 Å². The average Bonchev–Trinajstić information content (AvgIpc) is 3.33. The third kappa shape index (κ3) is 6.86. The van der Waals surface area contributed by atoms with Gasteiger partial charge in [-0.3, -0.25) is 4.79 Å². The van der Waals surface area contributed by atoms with E-state index in [1.807, 2.05) is 42.7 Å². The molecule has 0 aliphatic rings. The lowest BCUT2D eigenvalue weighted by Crippen LogP contribution is -2.34. The molecule has 0 aliphatic heterocycles. The van der Waals surface area contributed by atoms with Crippen LogP contribution >= 0.6 is 11.8 Å². The molecule has 4 aromatic rings. The number of aromatic amines is 1. The second-order valence-electron chi connectivity index (χ2n) is 10.0. The van der Waals surface area contributed by atoms with Gasteiger partial charge in [-0.2, -0.15) is 9.67 Å². The Hall–Kier alpha value is -4.11. The molecule has 202 valence electrons. The van der Waals surface area contributed by atoms with Gasteiger partial charge in [0.05, 0.1) is 29.2 Å². The Labute approximate surface area is 233 Å². The number of hydrazone groups is 1. The second kappa shape index (κ2) is 12.2. The van der Waals surface area contributed by atoms with Crippen molar-refractivity contribution < 1.29 is 19.2 Å². The van der Waals surface area contributed by atoms with E-state index in [1.165, 1.54) is 23.5 Å². The summed E-state index contributed by atoms with van der Waals surface area (Å²) in [4.78, 5) is 12.6. The Bertz CT molecular complexity index is 1460. The van der Waals surface area contributed by atoms with Gasteiger partial charge in [-0.05, 0) is 72.5 Å². The summed E-state index contributed by atoms with van der Waals surface area (Å²) in [7, 11) is 0. The molecule has 9 heteroatoms. The zero-order chi connectivity index (χ0) is 28.0. The SMILES string of the molecule is CCOc1cccc(C=NNC(=O)CSc2n[nH]c(-c3ccc(C(C)(C)C)cc3)[n+]2-c2ccc(C)cc2)c1[O-]. The Balaban J connectivity index is 1.51. The first-order valence-electron chi connectivity index (χ1n) is 12.7. The zero-order valence-corrected chi connectivity index (χ0v) is 23.6. The third-order valence-corrected chi connectivity index (χ3v) is 6.96. The summed E-state index contributed by atoms with van der Waals surface area (Å²) in [6.07, 6.45) is 1.33. The van der Waals surface area contributed by atoms with E-state index < -0.39 is 0 Å². The van der Waals surface area contributed by atoms with Gasteiger partial charge in [0.1, 0.15) is 11.4 Å². The molecule has 0 fully saturated rings. The van der Waals surface area contributed by atoms with E-state index in [2.05, 4.69) is 65.8 Å². The van der Waals surface area contributed by atoms with Crippen LogP contribution in [0.3, 0.4) is 0 Å². The molecule has 4 rings (SSSR count). The molecule has 1 heterocycles. The van der Waals surface area contributed by atoms with Gasteiger partial charge in [0.15, 0.2) is 0 Å². The van der Waals surface area contributed by atoms with Crippen LogP contribution in [0.2, 0.25) is 0 Å². The summed E-state index contributed by atoms with van der Waals surface area (Å²) < 4.78 is 7.33. The van der Waals surface area contributed by atoms with E-state index in [1.54, 1.807) is 18.2 Å². The number of para-hydroxylation sites is 1. The first-order valence-corrected chi connectivity index (χ1v) is 13.7. The van der Waals surface area contributed by atoms with E-state index in [0.717, 1.165) is 22.6 Å². The van der Waals surface area contributed by atoms with E-state index in [-0.39, 0.29) is 28.6 Å². The number of rotatable bonds is 9. The van der Waals surface area contributed by atoms with Crippen LogP contribution in [0.1, 0.15) is 44.4 Å². The predicted octanol–water partition coefficient (Wildman–Crippen LogP) is 4.67. The van der Waals surface area contributed by atoms with Gasteiger partial charge in [-0.1, -0.05) is 68.5 Å². The highest BCUT2D eigenvalue weighted by Gasteiger charge is 2.25. The molecule has 39 heavy (non-hydrogen) atoms. The minimum Gasteiger partial charge on any atom is -0.870 e. The largest absolute Gasteiger partial charge is 0.870 e. The lowest BCUT2D eigenvalue weighted by Gasteiger charge is -2.18. The fraction of sp³-hybridized carbons (Fsp3) is 0.267. The molecule has 2 N–H and O–H groups in total. The van der Waals surface area contributed by atoms with E-state index in [4.69, 9.17) is 4.74 Å². The number of carbonyl (C=O) groups excluding carboxylic acids is 1. The van der Waals surface area contributed by atoms with Gasteiger partial charge in [0, 0.05) is 0 Å². The maximum atomic E-state index is 12.6. The molecule has 0 aliphatic carbocycles. The van der Waals surface area contributed by atoms with Crippen LogP contribution in [0.4, 0.5) is 0 Å². The maximum Gasteiger partial charge on any atom is 0.342 e. The number of hydrogen-bond acceptors (Lipinski definition) is 6. The third-order valence-electron chi connectivity index (χ3n) is 6.02. The molecule has 0 saturated heterocycles. The fourth-order valence-electron chi connectivity index (χ4n) is 3.89. The van der Waals surface area contributed by atoms with Gasteiger partial charge in [-0.25, -0.2) is 5.43 Å². The first kappa shape index (κ1) is 27.9. The lowest BCUT2D eigenvalue weighted by atomic mass is 9.87. The van der Waals surface area contributed by atoms with Crippen LogP contribution in [0.25, 0.3) is 17.1 Å². The number of thioether (sulfide) groups is 1. The van der Waals surface area contributed by atoms with Crippen molar-refractivity contribution >= 4 is 23.9 Å². The molecule has 0 radical (unpaired) electrons. The summed E-state index contributed by atoms with van der Waals surface area (Å²) in [6.45, 7) is 10.8. The molecule has 1 aromatic heterocycles. The topological polar surface area (TPSA) is 106 Å². The fourth-order valence-corrected chi connectivity index (χ4v) is 4.65. The number of benzene rings is 3. The van der Waals surface area contributed by atoms with E-state index in [0.29, 0.717) is 17.3 Å². The summed E-state index contributed by atoms with van der Waals surface area (Å²) in [5.41, 5.74) is 7.19. The predicted molar refractivity (Wildman–Crippen MR) is 153 cm³/mol. The van der Waals surface area contributed by atoms with Crippen LogP contribution in [-0.2, 0) is 10.2 Å². The highest BCUT2D eigenvalue weighted by Crippen LogP contribution is 2.27. The van der Waals surface area contributed by atoms with Crippen LogP contribution in [0.5, 0.6) is 11.5 Å². The summed E-state index contributed by atoms with van der Waals surface area (Å²) >= 11 is 1.29. The smallest absolute Gasteiger partial charge is 0.342 e. The van der Waals surface area contributed by atoms with Crippen molar-refractivity contribution in [2.75, 3.05) is 12.4 Å². The number of aromatic nitrogens is 3. The van der Waals surface area contributed by atoms with Crippen LogP contribution in [-0.4, -0.2) is 34.7 Å². The summed E-state index contributed by atoms with van der Waals surface area (Å²) in [5.74, 6) is 0.563. The molecule has 0 saturated carbocycles. The van der Waals surface area contributed by atoms with Crippen molar-refractivity contribution in [1.29, 1.82) is 0 Å². The number of carbonyl (C=O) groups is 1. The highest BCUT2D eigenvalue weighted by molar-refractivity contribution is 7.99. The van der Waals surface area contributed by atoms with Gasteiger partial charge in [0.25, 0.3) is 11.7 Å². The maximum absolute atomic E-state index is 12.6.